The minimum absolute atomic E-state index is 1.05. The van der Waals surface area contributed by atoms with Gasteiger partial charge in [-0.05, 0) is 33.6 Å². The molecule has 76 valence electrons. The van der Waals surface area contributed by atoms with E-state index in [9.17, 15) is 0 Å². The van der Waals surface area contributed by atoms with Gasteiger partial charge in [-0.3, -0.25) is 0 Å². The minimum Gasteiger partial charge on any atom is -0.389 e. The first-order valence-corrected chi connectivity index (χ1v) is 5.23. The summed E-state index contributed by atoms with van der Waals surface area (Å²) >= 11 is 0. The van der Waals surface area contributed by atoms with Crippen LogP contribution in [0.15, 0.2) is 23.4 Å². The third-order valence-corrected chi connectivity index (χ3v) is 2.12. The normalized spacial score (nSPS) is 13.2. The summed E-state index contributed by atoms with van der Waals surface area (Å²) in [4.78, 5) is 0. The monoisotopic (exact) mass is 181 g/mol. The van der Waals surface area contributed by atoms with Gasteiger partial charge < -0.3 is 5.32 Å². The molecular formula is C12H23N. The Morgan fingerprint density at radius 3 is 2.54 bits per heavy atom. The number of allylic oxidation sites excluding steroid dienone is 3. The molecule has 0 aliphatic rings. The molecule has 0 amide bonds. The van der Waals surface area contributed by atoms with Crippen LogP contribution in [0.25, 0.3) is 0 Å². The Hall–Kier alpha value is -0.720. The molecule has 1 heteroatoms. The molecule has 0 aromatic carbocycles. The van der Waals surface area contributed by atoms with Crippen molar-refractivity contribution in [1.82, 2.24) is 5.32 Å². The highest BCUT2D eigenvalue weighted by Crippen LogP contribution is 2.03. The van der Waals surface area contributed by atoms with Gasteiger partial charge in [0, 0.05) is 12.2 Å². The molecule has 0 saturated heterocycles. The van der Waals surface area contributed by atoms with Crippen LogP contribution in [0.5, 0.6) is 0 Å². The summed E-state index contributed by atoms with van der Waals surface area (Å²) in [6.07, 6.45) is 8.06. The second-order valence-corrected chi connectivity index (χ2v) is 3.49. The van der Waals surface area contributed by atoms with Gasteiger partial charge in [0.05, 0.1) is 0 Å². The van der Waals surface area contributed by atoms with Crippen LogP contribution in [-0.2, 0) is 0 Å². The van der Waals surface area contributed by atoms with E-state index in [4.69, 9.17) is 0 Å². The van der Waals surface area contributed by atoms with Crippen LogP contribution < -0.4 is 5.32 Å². The molecule has 1 nitrogen and oxygen atoms in total. The van der Waals surface area contributed by atoms with Gasteiger partial charge in [0.15, 0.2) is 0 Å². The first-order chi connectivity index (χ1) is 6.20. The lowest BCUT2D eigenvalue weighted by atomic mass is 10.1. The Bertz CT molecular complexity index is 178. The molecule has 0 spiro atoms. The largest absolute Gasteiger partial charge is 0.389 e. The Morgan fingerprint density at radius 1 is 1.31 bits per heavy atom. The van der Waals surface area contributed by atoms with Crippen molar-refractivity contribution in [3.05, 3.63) is 23.4 Å². The average Bonchev–Trinajstić information content (AvgIpc) is 2.12. The Labute approximate surface area is 82.9 Å². The summed E-state index contributed by atoms with van der Waals surface area (Å²) in [6, 6.07) is 0. The predicted octanol–water partition coefficient (Wildman–Crippen LogP) is 3.64. The Morgan fingerprint density at radius 2 is 2.00 bits per heavy atom. The van der Waals surface area contributed by atoms with E-state index in [2.05, 4.69) is 45.2 Å². The summed E-state index contributed by atoms with van der Waals surface area (Å²) in [7, 11) is 0. The lowest BCUT2D eigenvalue weighted by Crippen LogP contribution is -2.11. The Balaban J connectivity index is 3.49. The van der Waals surface area contributed by atoms with E-state index < -0.39 is 0 Å². The molecule has 0 unspecified atom stereocenters. The van der Waals surface area contributed by atoms with Crippen molar-refractivity contribution in [1.29, 1.82) is 0 Å². The quantitative estimate of drug-likeness (QED) is 0.487. The molecule has 0 aliphatic carbocycles. The molecule has 0 atom stereocenters. The summed E-state index contributed by atoms with van der Waals surface area (Å²) in [5.74, 6) is 0. The zero-order valence-corrected chi connectivity index (χ0v) is 9.48. The van der Waals surface area contributed by atoms with Gasteiger partial charge in [-0.25, -0.2) is 0 Å². The maximum atomic E-state index is 3.35. The van der Waals surface area contributed by atoms with E-state index in [0.29, 0.717) is 0 Å². The predicted molar refractivity (Wildman–Crippen MR) is 60.7 cm³/mol. The molecule has 0 fully saturated rings. The summed E-state index contributed by atoms with van der Waals surface area (Å²) in [5, 5.41) is 3.35. The standard InChI is InChI=1S/C12H23N/c1-5-8-11(3)9-7-10-13-12(4)6-2/h6,9,13H,5,7-8,10H2,1-4H3/b11-9-,12-6+. The van der Waals surface area contributed by atoms with Crippen molar-refractivity contribution in [3.63, 3.8) is 0 Å². The molecule has 0 aliphatic heterocycles. The van der Waals surface area contributed by atoms with Crippen molar-refractivity contribution in [2.45, 2.75) is 47.0 Å². The van der Waals surface area contributed by atoms with Gasteiger partial charge >= 0.3 is 0 Å². The van der Waals surface area contributed by atoms with Crippen LogP contribution in [0.2, 0.25) is 0 Å². The van der Waals surface area contributed by atoms with Crippen molar-refractivity contribution >= 4 is 0 Å². The van der Waals surface area contributed by atoms with E-state index >= 15 is 0 Å². The van der Waals surface area contributed by atoms with Crippen LogP contribution in [0.4, 0.5) is 0 Å². The third-order valence-electron chi connectivity index (χ3n) is 2.12. The van der Waals surface area contributed by atoms with Crippen LogP contribution >= 0.6 is 0 Å². The SMILES string of the molecule is C/C=C(\C)NCC/C=C(/C)CCC. The van der Waals surface area contributed by atoms with Crippen molar-refractivity contribution in [2.75, 3.05) is 6.54 Å². The summed E-state index contributed by atoms with van der Waals surface area (Å²) in [6.45, 7) is 9.64. The number of rotatable bonds is 6. The van der Waals surface area contributed by atoms with Gasteiger partial charge in [0.2, 0.25) is 0 Å². The summed E-state index contributed by atoms with van der Waals surface area (Å²) in [5.41, 5.74) is 2.78. The fraction of sp³-hybridized carbons (Fsp3) is 0.667. The smallest absolute Gasteiger partial charge is 0.0178 e. The maximum absolute atomic E-state index is 3.35. The van der Waals surface area contributed by atoms with Crippen LogP contribution in [-0.4, -0.2) is 6.54 Å². The molecule has 1 N–H and O–H groups in total. The van der Waals surface area contributed by atoms with Gasteiger partial charge in [-0.2, -0.15) is 0 Å². The lowest BCUT2D eigenvalue weighted by molar-refractivity contribution is 0.791. The molecule has 0 aromatic rings. The van der Waals surface area contributed by atoms with E-state index in [1.165, 1.54) is 24.1 Å². The molecule has 0 bridgehead atoms. The number of nitrogens with one attached hydrogen (secondary N) is 1. The van der Waals surface area contributed by atoms with Crippen molar-refractivity contribution in [2.24, 2.45) is 0 Å². The van der Waals surface area contributed by atoms with E-state index in [0.717, 1.165) is 13.0 Å². The second kappa shape index (κ2) is 7.90. The third kappa shape index (κ3) is 7.63. The van der Waals surface area contributed by atoms with Crippen molar-refractivity contribution in [3.8, 4) is 0 Å². The molecule has 0 radical (unpaired) electrons. The van der Waals surface area contributed by atoms with Crippen LogP contribution in [0, 0.1) is 0 Å². The molecular weight excluding hydrogens is 158 g/mol. The van der Waals surface area contributed by atoms with Crippen LogP contribution in [0.1, 0.15) is 47.0 Å². The van der Waals surface area contributed by atoms with E-state index in [1.54, 1.807) is 0 Å². The highest BCUT2D eigenvalue weighted by molar-refractivity contribution is 4.99. The molecule has 0 saturated carbocycles. The van der Waals surface area contributed by atoms with Gasteiger partial charge in [0.1, 0.15) is 0 Å². The molecule has 0 heterocycles. The second-order valence-electron chi connectivity index (χ2n) is 3.49. The van der Waals surface area contributed by atoms with Gasteiger partial charge in [0.25, 0.3) is 0 Å². The maximum Gasteiger partial charge on any atom is 0.0178 e. The number of hydrogen-bond donors (Lipinski definition) is 1. The topological polar surface area (TPSA) is 12.0 Å². The highest BCUT2D eigenvalue weighted by Gasteiger charge is 1.87. The minimum atomic E-state index is 1.05. The molecule has 13 heavy (non-hydrogen) atoms. The number of hydrogen-bond acceptors (Lipinski definition) is 1. The molecule has 0 aromatic heterocycles. The van der Waals surface area contributed by atoms with E-state index in [-0.39, 0.29) is 0 Å². The van der Waals surface area contributed by atoms with Crippen LogP contribution in [0.3, 0.4) is 0 Å². The zero-order valence-electron chi connectivity index (χ0n) is 9.48. The first kappa shape index (κ1) is 12.3. The highest BCUT2D eigenvalue weighted by atomic mass is 14.9. The fourth-order valence-electron chi connectivity index (χ4n) is 1.19. The fourth-order valence-corrected chi connectivity index (χ4v) is 1.19. The van der Waals surface area contributed by atoms with Gasteiger partial charge in [-0.1, -0.05) is 31.1 Å². The molecule has 0 rings (SSSR count). The average molecular weight is 181 g/mol. The van der Waals surface area contributed by atoms with Gasteiger partial charge in [-0.15, -0.1) is 0 Å². The lowest BCUT2D eigenvalue weighted by Gasteiger charge is -2.03. The first-order valence-electron chi connectivity index (χ1n) is 5.23. The Kier molecular flexibility index (Phi) is 7.47. The zero-order chi connectivity index (χ0) is 10.1. The van der Waals surface area contributed by atoms with E-state index in [1.807, 2.05) is 0 Å². The van der Waals surface area contributed by atoms with Crippen molar-refractivity contribution < 1.29 is 0 Å². The summed E-state index contributed by atoms with van der Waals surface area (Å²) < 4.78 is 0.